The molecule has 100 valence electrons. The molecule has 0 atom stereocenters. The van der Waals surface area contributed by atoms with Crippen molar-refractivity contribution in [1.29, 1.82) is 0 Å². The zero-order chi connectivity index (χ0) is 13.5. The van der Waals surface area contributed by atoms with E-state index >= 15 is 0 Å². The second-order valence-electron chi connectivity index (χ2n) is 4.08. The van der Waals surface area contributed by atoms with E-state index in [1.807, 2.05) is 14.1 Å². The van der Waals surface area contributed by atoms with Crippen molar-refractivity contribution in [2.75, 3.05) is 27.7 Å². The lowest BCUT2D eigenvalue weighted by atomic mass is 10.3. The minimum Gasteiger partial charge on any atom is -0.478 e. The Kier molecular flexibility index (Phi) is 5.97. The van der Waals surface area contributed by atoms with Crippen LogP contribution in [0.25, 0.3) is 6.08 Å². The van der Waals surface area contributed by atoms with Crippen molar-refractivity contribution in [3.63, 3.8) is 0 Å². The fraction of sp³-hybridized carbons (Fsp3) is 0.500. The predicted octanol–water partition coefficient (Wildman–Crippen LogP) is 1.49. The summed E-state index contributed by atoms with van der Waals surface area (Å²) >= 11 is 1.52. The fourth-order valence-corrected chi connectivity index (χ4v) is 2.32. The van der Waals surface area contributed by atoms with E-state index < -0.39 is 5.97 Å². The molecule has 6 heteroatoms. The molecule has 1 aromatic rings. The van der Waals surface area contributed by atoms with Crippen molar-refractivity contribution in [3.05, 3.63) is 21.7 Å². The smallest absolute Gasteiger partial charge is 0.328 e. The third kappa shape index (κ3) is 4.95. The number of hydrogen-bond donors (Lipinski definition) is 1. The van der Waals surface area contributed by atoms with Gasteiger partial charge >= 0.3 is 5.97 Å². The van der Waals surface area contributed by atoms with Crippen molar-refractivity contribution in [3.8, 4) is 0 Å². The highest BCUT2D eigenvalue weighted by Gasteiger charge is 2.09. The highest BCUT2D eigenvalue weighted by molar-refractivity contribution is 7.12. The Bertz CT molecular complexity index is 427. The molecular weight excluding hydrogens is 252 g/mol. The van der Waals surface area contributed by atoms with Crippen LogP contribution in [-0.4, -0.2) is 48.7 Å². The van der Waals surface area contributed by atoms with Crippen LogP contribution in [0.5, 0.6) is 0 Å². The molecule has 0 unspecified atom stereocenters. The molecule has 18 heavy (non-hydrogen) atoms. The Balaban J connectivity index is 2.82. The lowest BCUT2D eigenvalue weighted by Crippen LogP contribution is -2.14. The molecular formula is C12H18N2O3S. The summed E-state index contributed by atoms with van der Waals surface area (Å²) in [6, 6.07) is 0. The van der Waals surface area contributed by atoms with E-state index in [9.17, 15) is 4.79 Å². The summed E-state index contributed by atoms with van der Waals surface area (Å²) in [5.41, 5.74) is 0.800. The van der Waals surface area contributed by atoms with Crippen LogP contribution in [0.15, 0.2) is 6.08 Å². The van der Waals surface area contributed by atoms with Gasteiger partial charge in [0.05, 0.1) is 22.2 Å². The number of carbonyl (C=O) groups is 1. The number of nitrogens with zero attached hydrogens (tertiary/aromatic N) is 2. The van der Waals surface area contributed by atoms with Gasteiger partial charge in [-0.05, 0) is 20.2 Å². The molecule has 0 aromatic carbocycles. The maximum Gasteiger partial charge on any atom is 0.328 e. The molecule has 1 N–H and O–H groups in total. The predicted molar refractivity (Wildman–Crippen MR) is 71.8 cm³/mol. The first-order chi connectivity index (χ1) is 8.52. The second-order valence-corrected chi connectivity index (χ2v) is 5.19. The molecule has 0 amide bonds. The Hall–Kier alpha value is -1.24. The molecule has 0 spiro atoms. The number of carboxylic acid groups (broad SMARTS) is 1. The topological polar surface area (TPSA) is 62.7 Å². The normalized spacial score (nSPS) is 11.6. The van der Waals surface area contributed by atoms with E-state index in [1.165, 1.54) is 11.3 Å². The van der Waals surface area contributed by atoms with Crippen LogP contribution < -0.4 is 0 Å². The quantitative estimate of drug-likeness (QED) is 0.761. The molecule has 0 fully saturated rings. The first kappa shape index (κ1) is 14.8. The van der Waals surface area contributed by atoms with Gasteiger partial charge in [-0.15, -0.1) is 11.3 Å². The molecule has 1 aromatic heterocycles. The number of rotatable bonds is 7. The summed E-state index contributed by atoms with van der Waals surface area (Å²) in [5.74, 6) is -0.957. The second kappa shape index (κ2) is 7.25. The maximum absolute atomic E-state index is 10.5. The van der Waals surface area contributed by atoms with Gasteiger partial charge in [-0.2, -0.15) is 0 Å². The third-order valence-electron chi connectivity index (χ3n) is 2.20. The number of ether oxygens (including phenoxy) is 1. The molecule has 0 radical (unpaired) electrons. The average Bonchev–Trinajstić information content (AvgIpc) is 2.67. The standard InChI is InChI=1S/C12H18N2O3S/c1-14(2)7-6-11-13-9(8-17-3)10(18-11)4-5-12(15)16/h4-5H,6-8H2,1-3H3,(H,15,16)/b5-4+. The van der Waals surface area contributed by atoms with E-state index in [1.54, 1.807) is 13.2 Å². The van der Waals surface area contributed by atoms with Gasteiger partial charge in [-0.1, -0.05) is 0 Å². The monoisotopic (exact) mass is 270 g/mol. The molecule has 0 aliphatic heterocycles. The summed E-state index contributed by atoms with van der Waals surface area (Å²) in [5, 5.41) is 9.64. The number of likely N-dealkylation sites (N-methyl/N-ethyl adjacent to an activating group) is 1. The zero-order valence-electron chi connectivity index (χ0n) is 10.8. The minimum atomic E-state index is -0.957. The molecule has 5 nitrogen and oxygen atoms in total. The van der Waals surface area contributed by atoms with Crippen molar-refractivity contribution in [2.45, 2.75) is 13.0 Å². The van der Waals surface area contributed by atoms with E-state index in [0.717, 1.165) is 34.6 Å². The van der Waals surface area contributed by atoms with Crippen LogP contribution in [0.1, 0.15) is 15.6 Å². The van der Waals surface area contributed by atoms with Crippen molar-refractivity contribution >= 4 is 23.4 Å². The van der Waals surface area contributed by atoms with Crippen LogP contribution in [0.3, 0.4) is 0 Å². The summed E-state index contributed by atoms with van der Waals surface area (Å²) in [6.07, 6.45) is 3.56. The highest BCUT2D eigenvalue weighted by atomic mass is 32.1. The van der Waals surface area contributed by atoms with E-state index in [4.69, 9.17) is 9.84 Å². The Morgan fingerprint density at radius 2 is 2.28 bits per heavy atom. The Morgan fingerprint density at radius 3 is 2.83 bits per heavy atom. The first-order valence-electron chi connectivity index (χ1n) is 5.56. The number of carboxylic acids is 1. The number of hydrogen-bond acceptors (Lipinski definition) is 5. The van der Waals surface area contributed by atoms with Crippen molar-refractivity contribution < 1.29 is 14.6 Å². The summed E-state index contributed by atoms with van der Waals surface area (Å²) in [4.78, 5) is 17.9. The Morgan fingerprint density at radius 1 is 1.56 bits per heavy atom. The van der Waals surface area contributed by atoms with Gasteiger partial charge in [-0.25, -0.2) is 9.78 Å². The largest absolute Gasteiger partial charge is 0.478 e. The van der Waals surface area contributed by atoms with Gasteiger partial charge in [0.25, 0.3) is 0 Å². The molecule has 0 saturated heterocycles. The lowest BCUT2D eigenvalue weighted by Gasteiger charge is -2.06. The first-order valence-corrected chi connectivity index (χ1v) is 6.38. The maximum atomic E-state index is 10.5. The highest BCUT2D eigenvalue weighted by Crippen LogP contribution is 2.21. The zero-order valence-corrected chi connectivity index (χ0v) is 11.7. The van der Waals surface area contributed by atoms with E-state index in [0.29, 0.717) is 6.61 Å². The molecule has 0 bridgehead atoms. The summed E-state index contributed by atoms with van der Waals surface area (Å²) in [6.45, 7) is 1.32. The molecule has 0 aliphatic rings. The summed E-state index contributed by atoms with van der Waals surface area (Å²) < 4.78 is 5.07. The van der Waals surface area contributed by atoms with Gasteiger partial charge in [-0.3, -0.25) is 0 Å². The van der Waals surface area contributed by atoms with Crippen LogP contribution in [-0.2, 0) is 22.6 Å². The fourth-order valence-electron chi connectivity index (χ4n) is 1.36. The summed E-state index contributed by atoms with van der Waals surface area (Å²) in [7, 11) is 5.62. The van der Waals surface area contributed by atoms with Crippen molar-refractivity contribution in [1.82, 2.24) is 9.88 Å². The van der Waals surface area contributed by atoms with Crippen LogP contribution in [0.2, 0.25) is 0 Å². The number of aliphatic carboxylic acids is 1. The van der Waals surface area contributed by atoms with Gasteiger partial charge < -0.3 is 14.7 Å². The van der Waals surface area contributed by atoms with E-state index in [2.05, 4.69) is 9.88 Å². The Labute approximate surface area is 111 Å². The third-order valence-corrected chi connectivity index (χ3v) is 3.33. The van der Waals surface area contributed by atoms with Gasteiger partial charge in [0, 0.05) is 26.2 Å². The minimum absolute atomic E-state index is 0.401. The van der Waals surface area contributed by atoms with E-state index in [-0.39, 0.29) is 0 Å². The number of methoxy groups -OCH3 is 1. The molecule has 1 heterocycles. The van der Waals surface area contributed by atoms with Gasteiger partial charge in [0.1, 0.15) is 0 Å². The van der Waals surface area contributed by atoms with Gasteiger partial charge in [0.2, 0.25) is 0 Å². The average molecular weight is 270 g/mol. The van der Waals surface area contributed by atoms with Crippen LogP contribution in [0.4, 0.5) is 0 Å². The van der Waals surface area contributed by atoms with Crippen LogP contribution >= 0.6 is 11.3 Å². The molecule has 0 aliphatic carbocycles. The van der Waals surface area contributed by atoms with Crippen LogP contribution in [0, 0.1) is 0 Å². The SMILES string of the molecule is COCc1nc(CCN(C)C)sc1/C=C/C(=O)O. The molecule has 1 rings (SSSR count). The lowest BCUT2D eigenvalue weighted by molar-refractivity contribution is -0.131. The number of thiazole rings is 1. The van der Waals surface area contributed by atoms with Gasteiger partial charge in [0.15, 0.2) is 0 Å². The number of aromatic nitrogens is 1. The van der Waals surface area contributed by atoms with Crippen molar-refractivity contribution in [2.24, 2.45) is 0 Å². The molecule has 0 saturated carbocycles.